The average molecular weight is 156 g/mol. The van der Waals surface area contributed by atoms with Crippen molar-refractivity contribution in [3.05, 3.63) is 12.3 Å². The number of rotatable bonds is 0. The van der Waals surface area contributed by atoms with Crippen molar-refractivity contribution in [2.24, 2.45) is 5.41 Å². The van der Waals surface area contributed by atoms with Crippen LogP contribution in [-0.2, 0) is 9.53 Å². The van der Waals surface area contributed by atoms with Gasteiger partial charge in [0.05, 0.1) is 11.7 Å². The molecule has 1 aliphatic heterocycles. The van der Waals surface area contributed by atoms with Gasteiger partial charge in [-0.05, 0) is 6.08 Å². The van der Waals surface area contributed by atoms with E-state index in [1.165, 1.54) is 12.3 Å². The van der Waals surface area contributed by atoms with Crippen LogP contribution in [0.25, 0.3) is 0 Å². The summed E-state index contributed by atoms with van der Waals surface area (Å²) in [4.78, 5) is 10.8. The Hall–Kier alpha value is -0.870. The van der Waals surface area contributed by atoms with Crippen molar-refractivity contribution in [1.29, 1.82) is 0 Å². The van der Waals surface area contributed by atoms with Crippen LogP contribution in [0.3, 0.4) is 0 Å². The molecule has 0 radical (unpaired) electrons. The molecule has 2 rings (SSSR count). The van der Waals surface area contributed by atoms with Gasteiger partial charge in [-0.25, -0.2) is 0 Å². The van der Waals surface area contributed by atoms with E-state index in [9.17, 15) is 9.90 Å². The lowest BCUT2D eigenvalue weighted by Crippen LogP contribution is -2.38. The third-order valence-electron chi connectivity index (χ3n) is 2.23. The molecule has 2 N–H and O–H groups in total. The summed E-state index contributed by atoms with van der Waals surface area (Å²) in [6, 6.07) is 0. The summed E-state index contributed by atoms with van der Waals surface area (Å²) in [5.41, 5.74) is -0.822. The Bertz CT molecular complexity index is 235. The first-order valence-electron chi connectivity index (χ1n) is 3.39. The van der Waals surface area contributed by atoms with Crippen molar-refractivity contribution in [1.82, 2.24) is 0 Å². The first-order chi connectivity index (χ1) is 5.17. The molecule has 0 aromatic heterocycles. The van der Waals surface area contributed by atoms with Gasteiger partial charge in [0.25, 0.3) is 0 Å². The van der Waals surface area contributed by atoms with Crippen molar-refractivity contribution in [2.45, 2.75) is 18.8 Å². The van der Waals surface area contributed by atoms with Crippen molar-refractivity contribution in [3.63, 3.8) is 0 Å². The molecule has 0 aromatic rings. The number of Topliss-reactive ketones (excluding diaryl/α,β-unsaturated/α-hetero) is 1. The molecule has 4 heteroatoms. The van der Waals surface area contributed by atoms with Crippen LogP contribution < -0.4 is 0 Å². The summed E-state index contributed by atoms with van der Waals surface area (Å²) < 4.78 is 4.59. The molecule has 4 nitrogen and oxygen atoms in total. The van der Waals surface area contributed by atoms with Crippen LogP contribution in [0.15, 0.2) is 12.3 Å². The van der Waals surface area contributed by atoms with Crippen LogP contribution >= 0.6 is 0 Å². The second-order valence-electron chi connectivity index (χ2n) is 2.91. The van der Waals surface area contributed by atoms with E-state index in [-0.39, 0.29) is 5.78 Å². The van der Waals surface area contributed by atoms with Gasteiger partial charge in [0, 0.05) is 6.42 Å². The molecule has 1 fully saturated rings. The second kappa shape index (κ2) is 1.84. The molecule has 1 unspecified atom stereocenters. The van der Waals surface area contributed by atoms with Crippen molar-refractivity contribution < 1.29 is 19.7 Å². The molecule has 1 saturated carbocycles. The molecular weight excluding hydrogens is 148 g/mol. The minimum Gasteiger partial charge on any atom is -0.470 e. The Labute approximate surface area is 63.1 Å². The Kier molecular flexibility index (Phi) is 1.14. The van der Waals surface area contributed by atoms with Crippen molar-refractivity contribution in [2.75, 3.05) is 0 Å². The highest BCUT2D eigenvalue weighted by Gasteiger charge is 2.61. The third kappa shape index (κ3) is 0.735. The van der Waals surface area contributed by atoms with E-state index >= 15 is 0 Å². The predicted molar refractivity (Wildman–Crippen MR) is 34.3 cm³/mol. The van der Waals surface area contributed by atoms with Gasteiger partial charge in [0.2, 0.25) is 6.29 Å². The average Bonchev–Trinajstić information content (AvgIpc) is 2.59. The number of ether oxygens (including phenoxy) is 1. The minimum absolute atomic E-state index is 0.0383. The van der Waals surface area contributed by atoms with Gasteiger partial charge in [-0.15, -0.1) is 0 Å². The minimum atomic E-state index is -1.26. The van der Waals surface area contributed by atoms with E-state index in [1.54, 1.807) is 0 Å². The third-order valence-corrected chi connectivity index (χ3v) is 2.23. The number of hydrogen-bond donors (Lipinski definition) is 2. The Balaban J connectivity index is 2.28. The van der Waals surface area contributed by atoms with Crippen LogP contribution in [0, 0.1) is 5.41 Å². The molecule has 1 spiro atoms. The van der Waals surface area contributed by atoms with Crippen LogP contribution in [0.1, 0.15) is 6.42 Å². The molecule has 0 aromatic carbocycles. The molecule has 0 saturated heterocycles. The normalized spacial score (nSPS) is 47.6. The van der Waals surface area contributed by atoms with E-state index in [1.807, 2.05) is 0 Å². The molecule has 2 aliphatic rings. The lowest BCUT2D eigenvalue weighted by molar-refractivity contribution is -0.159. The quantitative estimate of drug-likeness (QED) is 0.480. The highest BCUT2D eigenvalue weighted by atomic mass is 16.6. The molecule has 1 aliphatic carbocycles. The molecule has 60 valence electrons. The van der Waals surface area contributed by atoms with Crippen LogP contribution in [0.2, 0.25) is 0 Å². The molecular formula is C7H8O4. The number of hydrogen-bond acceptors (Lipinski definition) is 4. The largest absolute Gasteiger partial charge is 0.470 e. The Morgan fingerprint density at radius 3 is 2.73 bits per heavy atom. The highest BCUT2D eigenvalue weighted by molar-refractivity contribution is 6.03. The molecule has 1 heterocycles. The summed E-state index contributed by atoms with van der Waals surface area (Å²) >= 11 is 0. The zero-order valence-corrected chi connectivity index (χ0v) is 5.73. The maximum atomic E-state index is 10.8. The molecule has 0 bridgehead atoms. The monoisotopic (exact) mass is 156 g/mol. The number of carbonyl (C=O) groups excluding carboxylic acids is 1. The van der Waals surface area contributed by atoms with Crippen LogP contribution in [-0.4, -0.2) is 28.4 Å². The number of carbonyl (C=O) groups is 1. The van der Waals surface area contributed by atoms with Crippen molar-refractivity contribution >= 4 is 5.78 Å². The molecule has 3 atom stereocenters. The zero-order chi connectivity index (χ0) is 8.06. The number of ketones is 1. The maximum Gasteiger partial charge on any atom is 0.224 e. The fourth-order valence-electron chi connectivity index (χ4n) is 1.31. The number of aliphatic hydroxyl groups excluding tert-OH is 2. The fourth-order valence-corrected chi connectivity index (χ4v) is 1.31. The van der Waals surface area contributed by atoms with Gasteiger partial charge in [-0.1, -0.05) is 0 Å². The summed E-state index contributed by atoms with van der Waals surface area (Å²) in [7, 11) is 0. The summed E-state index contributed by atoms with van der Waals surface area (Å²) in [6.07, 6.45) is 0.728. The standard InChI is InChI=1S/C7H8O4/c8-4-3-7(4)1-2-11-6(10)5(7)9/h1-2,5-6,9-10H,3H2/t5-,6+,7?/m1/s1. The SMILES string of the molecule is O=C1CC12C=CO[C@H](O)[C@H]2O. The van der Waals surface area contributed by atoms with Gasteiger partial charge in [-0.2, -0.15) is 0 Å². The van der Waals surface area contributed by atoms with Gasteiger partial charge >= 0.3 is 0 Å². The lowest BCUT2D eigenvalue weighted by atomic mass is 9.97. The van der Waals surface area contributed by atoms with Gasteiger partial charge < -0.3 is 14.9 Å². The van der Waals surface area contributed by atoms with E-state index in [4.69, 9.17) is 5.11 Å². The summed E-state index contributed by atoms with van der Waals surface area (Å²) in [5.74, 6) is -0.0383. The maximum absolute atomic E-state index is 10.8. The zero-order valence-electron chi connectivity index (χ0n) is 5.73. The first-order valence-corrected chi connectivity index (χ1v) is 3.39. The van der Waals surface area contributed by atoms with Crippen LogP contribution in [0.4, 0.5) is 0 Å². The predicted octanol–water partition coefficient (Wildman–Crippen LogP) is -0.831. The van der Waals surface area contributed by atoms with E-state index in [0.717, 1.165) is 0 Å². The summed E-state index contributed by atoms with van der Waals surface area (Å²) in [5, 5.41) is 18.3. The van der Waals surface area contributed by atoms with E-state index < -0.39 is 17.8 Å². The molecule has 11 heavy (non-hydrogen) atoms. The van der Waals surface area contributed by atoms with Crippen molar-refractivity contribution in [3.8, 4) is 0 Å². The lowest BCUT2D eigenvalue weighted by Gasteiger charge is -2.25. The number of aliphatic hydroxyl groups is 2. The highest BCUT2D eigenvalue weighted by Crippen LogP contribution is 2.48. The summed E-state index contributed by atoms with van der Waals surface area (Å²) in [6.45, 7) is 0. The van der Waals surface area contributed by atoms with Gasteiger partial charge in [0.1, 0.15) is 11.9 Å². The van der Waals surface area contributed by atoms with E-state index in [2.05, 4.69) is 4.74 Å². The first kappa shape index (κ1) is 6.82. The Morgan fingerprint density at radius 2 is 2.27 bits per heavy atom. The smallest absolute Gasteiger partial charge is 0.224 e. The van der Waals surface area contributed by atoms with Crippen LogP contribution in [0.5, 0.6) is 0 Å². The fraction of sp³-hybridized carbons (Fsp3) is 0.571. The Morgan fingerprint density at radius 1 is 1.64 bits per heavy atom. The topological polar surface area (TPSA) is 66.8 Å². The van der Waals surface area contributed by atoms with Gasteiger partial charge in [-0.3, -0.25) is 4.79 Å². The van der Waals surface area contributed by atoms with Gasteiger partial charge in [0.15, 0.2) is 0 Å². The van der Waals surface area contributed by atoms with E-state index in [0.29, 0.717) is 6.42 Å². The molecule has 0 amide bonds. The second-order valence-corrected chi connectivity index (χ2v) is 2.91.